The highest BCUT2D eigenvalue weighted by atomic mass is 32.2. The Hall–Kier alpha value is -2.47. The molecule has 0 fully saturated rings. The molecule has 0 spiro atoms. The van der Waals surface area contributed by atoms with E-state index in [-0.39, 0.29) is 0 Å². The third-order valence-corrected chi connectivity index (χ3v) is 4.22. The molecule has 2 aromatic carbocycles. The molecule has 3 rings (SSSR count). The summed E-state index contributed by atoms with van der Waals surface area (Å²) in [4.78, 5) is 0. The smallest absolute Gasteiger partial charge is 0.180 e. The molecular formula is C18H19N3O2S. The zero-order valence-corrected chi connectivity index (χ0v) is 14.0. The first-order chi connectivity index (χ1) is 11.8. The summed E-state index contributed by atoms with van der Waals surface area (Å²) in [6.45, 7) is 1.34. The van der Waals surface area contributed by atoms with Gasteiger partial charge < -0.3 is 15.2 Å². The lowest BCUT2D eigenvalue weighted by molar-refractivity contribution is 0.297. The van der Waals surface area contributed by atoms with E-state index in [9.17, 15) is 0 Å². The van der Waals surface area contributed by atoms with Crippen LogP contribution in [0.3, 0.4) is 0 Å². The number of nitrogens with zero attached hydrogens (tertiary/aromatic N) is 2. The third kappa shape index (κ3) is 4.76. The minimum atomic E-state index is 0.435. The van der Waals surface area contributed by atoms with E-state index < -0.39 is 0 Å². The molecule has 0 bridgehead atoms. The van der Waals surface area contributed by atoms with E-state index in [1.807, 2.05) is 36.4 Å². The molecule has 0 atom stereocenters. The fourth-order valence-corrected chi connectivity index (χ4v) is 2.78. The normalized spacial score (nSPS) is 14.6. The zero-order valence-electron chi connectivity index (χ0n) is 13.2. The minimum absolute atomic E-state index is 0.435. The summed E-state index contributed by atoms with van der Waals surface area (Å²) in [5.74, 6) is 2.29. The molecule has 6 heteroatoms. The number of hydrogen-bond acceptors (Lipinski definition) is 5. The number of nitrogens with two attached hydrogens (primary N) is 1. The van der Waals surface area contributed by atoms with Gasteiger partial charge in [0.1, 0.15) is 0 Å². The van der Waals surface area contributed by atoms with Crippen molar-refractivity contribution in [3.05, 3.63) is 59.7 Å². The third-order valence-electron chi connectivity index (χ3n) is 3.36. The number of ether oxygens (including phenoxy) is 2. The fraction of sp³-hybridized carbons (Fsp3) is 0.222. The van der Waals surface area contributed by atoms with Crippen LogP contribution in [0.5, 0.6) is 11.5 Å². The fourth-order valence-electron chi connectivity index (χ4n) is 2.17. The number of thioether (sulfide) groups is 1. The van der Waals surface area contributed by atoms with Crippen LogP contribution in [0.15, 0.2) is 58.7 Å². The molecule has 0 aromatic heterocycles. The number of hydrogen-bond donors (Lipinski definition) is 1. The summed E-state index contributed by atoms with van der Waals surface area (Å²) < 4.78 is 11.3. The van der Waals surface area contributed by atoms with Crippen molar-refractivity contribution in [3.63, 3.8) is 0 Å². The SMILES string of the molecule is NC(=NN=Cc1ccc2c(c1)OCCCO2)SCc1ccccc1. The summed E-state index contributed by atoms with van der Waals surface area (Å²) in [6, 6.07) is 15.8. The molecule has 0 aliphatic carbocycles. The van der Waals surface area contributed by atoms with Crippen molar-refractivity contribution >= 4 is 23.1 Å². The molecule has 1 aliphatic rings. The molecule has 0 saturated heterocycles. The first kappa shape index (κ1) is 16.4. The van der Waals surface area contributed by atoms with Gasteiger partial charge in [0.05, 0.1) is 19.4 Å². The Morgan fingerprint density at radius 2 is 1.88 bits per heavy atom. The first-order valence-electron chi connectivity index (χ1n) is 7.74. The average Bonchev–Trinajstić information content (AvgIpc) is 2.86. The summed E-state index contributed by atoms with van der Waals surface area (Å²) in [6.07, 6.45) is 2.54. The molecule has 5 nitrogen and oxygen atoms in total. The van der Waals surface area contributed by atoms with Crippen LogP contribution in [-0.2, 0) is 5.75 Å². The van der Waals surface area contributed by atoms with Gasteiger partial charge in [0, 0.05) is 12.2 Å². The van der Waals surface area contributed by atoms with Crippen molar-refractivity contribution < 1.29 is 9.47 Å². The van der Waals surface area contributed by atoms with Gasteiger partial charge in [0.2, 0.25) is 0 Å². The zero-order chi connectivity index (χ0) is 16.6. The van der Waals surface area contributed by atoms with Crippen molar-refractivity contribution in [3.8, 4) is 11.5 Å². The van der Waals surface area contributed by atoms with Crippen LogP contribution >= 0.6 is 11.8 Å². The quantitative estimate of drug-likeness (QED) is 0.525. The van der Waals surface area contributed by atoms with Crippen molar-refractivity contribution in [1.82, 2.24) is 0 Å². The van der Waals surface area contributed by atoms with Crippen LogP contribution < -0.4 is 15.2 Å². The monoisotopic (exact) mass is 341 g/mol. The Morgan fingerprint density at radius 1 is 1.08 bits per heavy atom. The van der Waals surface area contributed by atoms with Gasteiger partial charge in [-0.3, -0.25) is 0 Å². The van der Waals surface area contributed by atoms with E-state index in [2.05, 4.69) is 22.3 Å². The van der Waals surface area contributed by atoms with Crippen molar-refractivity contribution in [2.75, 3.05) is 13.2 Å². The maximum Gasteiger partial charge on any atom is 0.180 e. The van der Waals surface area contributed by atoms with Gasteiger partial charge >= 0.3 is 0 Å². The molecule has 2 aromatic rings. The highest BCUT2D eigenvalue weighted by molar-refractivity contribution is 8.13. The van der Waals surface area contributed by atoms with Crippen LogP contribution in [0.4, 0.5) is 0 Å². The second-order valence-electron chi connectivity index (χ2n) is 5.21. The summed E-state index contributed by atoms with van der Waals surface area (Å²) >= 11 is 1.46. The topological polar surface area (TPSA) is 69.2 Å². The van der Waals surface area contributed by atoms with Crippen LogP contribution in [0, 0.1) is 0 Å². The lowest BCUT2D eigenvalue weighted by Gasteiger charge is -2.06. The molecule has 2 N–H and O–H groups in total. The summed E-state index contributed by atoms with van der Waals surface area (Å²) in [5.41, 5.74) is 7.97. The standard InChI is InChI=1S/C18H19N3O2S/c19-18(24-13-14-5-2-1-3-6-14)21-20-12-15-7-8-16-17(11-15)23-10-4-9-22-16/h1-3,5-8,11-12H,4,9-10,13H2,(H2,19,21). The van der Waals surface area contributed by atoms with Gasteiger partial charge in [-0.25, -0.2) is 0 Å². The molecule has 0 radical (unpaired) electrons. The maximum atomic E-state index is 5.87. The Labute approximate surface area is 145 Å². The lowest BCUT2D eigenvalue weighted by Crippen LogP contribution is -2.06. The molecule has 1 heterocycles. The number of fused-ring (bicyclic) bond motifs is 1. The second kappa shape index (κ2) is 8.40. The summed E-state index contributed by atoms with van der Waals surface area (Å²) in [7, 11) is 0. The minimum Gasteiger partial charge on any atom is -0.490 e. The second-order valence-corrected chi connectivity index (χ2v) is 6.21. The van der Waals surface area contributed by atoms with Gasteiger partial charge in [0.15, 0.2) is 16.7 Å². The largest absolute Gasteiger partial charge is 0.490 e. The van der Waals surface area contributed by atoms with Crippen molar-refractivity contribution in [2.45, 2.75) is 12.2 Å². The average molecular weight is 341 g/mol. The maximum absolute atomic E-state index is 5.87. The van der Waals surface area contributed by atoms with Crippen molar-refractivity contribution in [1.29, 1.82) is 0 Å². The number of amidine groups is 1. The Morgan fingerprint density at radius 3 is 2.71 bits per heavy atom. The molecule has 124 valence electrons. The predicted molar refractivity (Wildman–Crippen MR) is 99.0 cm³/mol. The Bertz CT molecular complexity index is 732. The Kier molecular flexibility index (Phi) is 5.74. The summed E-state index contributed by atoms with van der Waals surface area (Å²) in [5, 5.41) is 8.50. The molecule has 24 heavy (non-hydrogen) atoms. The van der Waals surface area contributed by atoms with E-state index >= 15 is 0 Å². The molecule has 0 saturated carbocycles. The van der Waals surface area contributed by atoms with E-state index in [1.54, 1.807) is 6.21 Å². The highest BCUT2D eigenvalue weighted by Gasteiger charge is 2.09. The van der Waals surface area contributed by atoms with E-state index in [0.29, 0.717) is 18.4 Å². The van der Waals surface area contributed by atoms with Gasteiger partial charge in [-0.2, -0.15) is 5.10 Å². The van der Waals surface area contributed by atoms with Crippen LogP contribution in [0.1, 0.15) is 17.5 Å². The molecular weight excluding hydrogens is 322 g/mol. The molecule has 0 unspecified atom stereocenters. The van der Waals surface area contributed by atoms with Gasteiger partial charge in [-0.15, -0.1) is 5.10 Å². The van der Waals surface area contributed by atoms with E-state index in [0.717, 1.165) is 29.2 Å². The van der Waals surface area contributed by atoms with Crippen molar-refractivity contribution in [2.24, 2.45) is 15.9 Å². The lowest BCUT2D eigenvalue weighted by atomic mass is 10.2. The number of rotatable bonds is 4. The molecule has 0 amide bonds. The highest BCUT2D eigenvalue weighted by Crippen LogP contribution is 2.29. The van der Waals surface area contributed by atoms with Crippen LogP contribution in [0.2, 0.25) is 0 Å². The van der Waals surface area contributed by atoms with Gasteiger partial charge in [-0.05, 0) is 29.3 Å². The molecule has 1 aliphatic heterocycles. The predicted octanol–water partition coefficient (Wildman–Crippen LogP) is 3.43. The van der Waals surface area contributed by atoms with Crippen LogP contribution in [0.25, 0.3) is 0 Å². The van der Waals surface area contributed by atoms with E-state index in [1.165, 1.54) is 17.3 Å². The first-order valence-corrected chi connectivity index (χ1v) is 8.73. The van der Waals surface area contributed by atoms with E-state index in [4.69, 9.17) is 15.2 Å². The van der Waals surface area contributed by atoms with Gasteiger partial charge in [-0.1, -0.05) is 42.1 Å². The van der Waals surface area contributed by atoms with Crippen LogP contribution in [-0.4, -0.2) is 24.6 Å². The Balaban J connectivity index is 1.58. The van der Waals surface area contributed by atoms with Gasteiger partial charge in [0.25, 0.3) is 0 Å². The number of benzene rings is 2.